The number of primary amides is 1. The van der Waals surface area contributed by atoms with E-state index >= 15 is 0 Å². The van der Waals surface area contributed by atoms with Crippen LogP contribution >= 0.6 is 11.6 Å². The van der Waals surface area contributed by atoms with Crippen molar-refractivity contribution in [2.75, 3.05) is 0 Å². The molecule has 0 spiro atoms. The number of ether oxygens (including phenoxy) is 1. The number of hydrogen-bond donors (Lipinski definition) is 1. The smallest absolute Gasteiger partial charge is 0.331 e. The molecule has 0 heterocycles. The zero-order chi connectivity index (χ0) is 15.9. The second-order valence-electron chi connectivity index (χ2n) is 4.56. The van der Waals surface area contributed by atoms with Gasteiger partial charge in [0, 0.05) is 16.7 Å². The van der Waals surface area contributed by atoms with E-state index in [1.54, 1.807) is 54.6 Å². The molecule has 0 aliphatic heterocycles. The van der Waals surface area contributed by atoms with E-state index in [4.69, 9.17) is 22.1 Å². The maximum Gasteiger partial charge on any atom is 0.331 e. The zero-order valence-electron chi connectivity index (χ0n) is 11.7. The third kappa shape index (κ3) is 4.75. The summed E-state index contributed by atoms with van der Waals surface area (Å²) in [5, 5.41) is 0.633. The van der Waals surface area contributed by atoms with Crippen LogP contribution in [-0.2, 0) is 16.1 Å². The number of hydrogen-bond acceptors (Lipinski definition) is 3. The molecule has 1 amide bonds. The predicted octanol–water partition coefficient (Wildman–Crippen LogP) is 3.20. The normalized spacial score (nSPS) is 10.6. The molecule has 0 aliphatic rings. The van der Waals surface area contributed by atoms with E-state index in [2.05, 4.69) is 0 Å². The fourth-order valence-electron chi connectivity index (χ4n) is 1.76. The number of benzene rings is 2. The fourth-order valence-corrected chi connectivity index (χ4v) is 1.88. The van der Waals surface area contributed by atoms with Crippen LogP contribution in [0.15, 0.2) is 54.6 Å². The maximum absolute atomic E-state index is 11.6. The topological polar surface area (TPSA) is 69.4 Å². The molecule has 0 saturated heterocycles. The lowest BCUT2D eigenvalue weighted by Gasteiger charge is -2.03. The monoisotopic (exact) mass is 315 g/mol. The summed E-state index contributed by atoms with van der Waals surface area (Å²) in [6.07, 6.45) is 2.97. The van der Waals surface area contributed by atoms with Crippen molar-refractivity contribution in [2.45, 2.75) is 6.61 Å². The van der Waals surface area contributed by atoms with Gasteiger partial charge in [-0.05, 0) is 41.5 Å². The Labute approximate surface area is 133 Å². The fraction of sp³-hybridized carbons (Fsp3) is 0.0588. The van der Waals surface area contributed by atoms with E-state index in [-0.39, 0.29) is 6.61 Å². The second kappa shape index (κ2) is 7.43. The molecule has 0 saturated carbocycles. The molecule has 4 nitrogen and oxygen atoms in total. The van der Waals surface area contributed by atoms with Gasteiger partial charge in [0.15, 0.2) is 0 Å². The van der Waals surface area contributed by atoms with Gasteiger partial charge in [-0.15, -0.1) is 0 Å². The van der Waals surface area contributed by atoms with E-state index in [0.29, 0.717) is 16.1 Å². The highest BCUT2D eigenvalue weighted by Crippen LogP contribution is 2.11. The lowest BCUT2D eigenvalue weighted by molar-refractivity contribution is -0.138. The maximum atomic E-state index is 11.6. The van der Waals surface area contributed by atoms with E-state index in [0.717, 1.165) is 5.56 Å². The first kappa shape index (κ1) is 15.8. The van der Waals surface area contributed by atoms with Crippen LogP contribution in [0.3, 0.4) is 0 Å². The summed E-state index contributed by atoms with van der Waals surface area (Å²) in [7, 11) is 0. The quantitative estimate of drug-likeness (QED) is 0.680. The van der Waals surface area contributed by atoms with Crippen LogP contribution in [-0.4, -0.2) is 11.9 Å². The Morgan fingerprint density at radius 3 is 2.55 bits per heavy atom. The first-order valence-corrected chi connectivity index (χ1v) is 6.91. The third-order valence-corrected chi connectivity index (χ3v) is 3.13. The van der Waals surface area contributed by atoms with Gasteiger partial charge in [-0.3, -0.25) is 4.79 Å². The average molecular weight is 316 g/mol. The highest BCUT2D eigenvalue weighted by molar-refractivity contribution is 6.30. The molecule has 22 heavy (non-hydrogen) atoms. The van der Waals surface area contributed by atoms with Gasteiger partial charge < -0.3 is 10.5 Å². The van der Waals surface area contributed by atoms with Crippen molar-refractivity contribution in [2.24, 2.45) is 5.73 Å². The highest BCUT2D eigenvalue weighted by Gasteiger charge is 2.03. The van der Waals surface area contributed by atoms with Gasteiger partial charge in [-0.1, -0.05) is 35.9 Å². The SMILES string of the molecule is NC(=O)c1cccc(COC(=O)C=Cc2ccc(Cl)cc2)c1. The lowest BCUT2D eigenvalue weighted by Crippen LogP contribution is -2.11. The summed E-state index contributed by atoms with van der Waals surface area (Å²) in [5.74, 6) is -0.991. The molecule has 2 aromatic rings. The number of nitrogens with two attached hydrogens (primary N) is 1. The zero-order valence-corrected chi connectivity index (χ0v) is 12.4. The molecule has 2 N–H and O–H groups in total. The molecule has 0 atom stereocenters. The first-order valence-electron chi connectivity index (χ1n) is 6.54. The van der Waals surface area contributed by atoms with Gasteiger partial charge in [0.2, 0.25) is 5.91 Å². The molecule has 0 aromatic heterocycles. The second-order valence-corrected chi connectivity index (χ2v) is 4.99. The summed E-state index contributed by atoms with van der Waals surface area (Å²) in [6.45, 7) is 0.0743. The predicted molar refractivity (Wildman–Crippen MR) is 85.2 cm³/mol. The van der Waals surface area contributed by atoms with Crippen LogP contribution < -0.4 is 5.73 Å². The van der Waals surface area contributed by atoms with Gasteiger partial charge >= 0.3 is 5.97 Å². The summed E-state index contributed by atoms with van der Waals surface area (Å²) in [5.41, 5.74) is 7.12. The van der Waals surface area contributed by atoms with Crippen LogP contribution in [0, 0.1) is 0 Å². The molecule has 0 radical (unpaired) electrons. The molecule has 0 aliphatic carbocycles. The largest absolute Gasteiger partial charge is 0.458 e. The van der Waals surface area contributed by atoms with Gasteiger partial charge in [-0.25, -0.2) is 4.79 Å². The van der Waals surface area contributed by atoms with Crippen molar-refractivity contribution in [3.05, 3.63) is 76.3 Å². The van der Waals surface area contributed by atoms with Crippen molar-refractivity contribution in [1.29, 1.82) is 0 Å². The number of rotatable bonds is 5. The van der Waals surface area contributed by atoms with Crippen LogP contribution in [0.25, 0.3) is 6.08 Å². The minimum Gasteiger partial charge on any atom is -0.458 e. The number of esters is 1. The number of carbonyl (C=O) groups is 2. The Balaban J connectivity index is 1.91. The minimum absolute atomic E-state index is 0.0743. The number of halogens is 1. The lowest BCUT2D eigenvalue weighted by atomic mass is 10.1. The van der Waals surface area contributed by atoms with Gasteiger partial charge in [-0.2, -0.15) is 0 Å². The summed E-state index contributed by atoms with van der Waals surface area (Å²) in [4.78, 5) is 22.7. The standard InChI is InChI=1S/C17H14ClNO3/c18-15-7-4-12(5-8-15)6-9-16(20)22-11-13-2-1-3-14(10-13)17(19)21/h1-10H,11H2,(H2,19,21). The van der Waals surface area contributed by atoms with Crippen LogP contribution in [0.1, 0.15) is 21.5 Å². The molecular formula is C17H14ClNO3. The van der Waals surface area contributed by atoms with Crippen LogP contribution in [0.2, 0.25) is 5.02 Å². The Hall–Kier alpha value is -2.59. The van der Waals surface area contributed by atoms with E-state index in [1.807, 2.05) is 0 Å². The molecule has 112 valence electrons. The van der Waals surface area contributed by atoms with Gasteiger partial charge in [0.25, 0.3) is 0 Å². The van der Waals surface area contributed by atoms with Crippen molar-refractivity contribution in [3.8, 4) is 0 Å². The van der Waals surface area contributed by atoms with E-state index in [1.165, 1.54) is 6.08 Å². The van der Waals surface area contributed by atoms with E-state index in [9.17, 15) is 9.59 Å². The first-order chi connectivity index (χ1) is 10.5. The molecule has 0 fully saturated rings. The summed E-state index contributed by atoms with van der Waals surface area (Å²) < 4.78 is 5.10. The minimum atomic E-state index is -0.518. The average Bonchev–Trinajstić information content (AvgIpc) is 2.52. The highest BCUT2D eigenvalue weighted by atomic mass is 35.5. The molecular weight excluding hydrogens is 302 g/mol. The Bertz CT molecular complexity index is 708. The number of amides is 1. The molecule has 2 aromatic carbocycles. The van der Waals surface area contributed by atoms with Crippen molar-refractivity contribution >= 4 is 29.6 Å². The summed E-state index contributed by atoms with van der Waals surface area (Å²) >= 11 is 5.78. The third-order valence-electron chi connectivity index (χ3n) is 2.87. The van der Waals surface area contributed by atoms with Crippen molar-refractivity contribution in [1.82, 2.24) is 0 Å². The summed E-state index contributed by atoms with van der Waals surface area (Å²) in [6, 6.07) is 13.7. The van der Waals surface area contributed by atoms with E-state index < -0.39 is 11.9 Å². The van der Waals surface area contributed by atoms with Crippen molar-refractivity contribution < 1.29 is 14.3 Å². The Kier molecular flexibility index (Phi) is 5.33. The number of carbonyl (C=O) groups excluding carboxylic acids is 2. The van der Waals surface area contributed by atoms with Crippen LogP contribution in [0.4, 0.5) is 0 Å². The van der Waals surface area contributed by atoms with Crippen molar-refractivity contribution in [3.63, 3.8) is 0 Å². The molecule has 2 rings (SSSR count). The van der Waals surface area contributed by atoms with Crippen LogP contribution in [0.5, 0.6) is 0 Å². The molecule has 0 bridgehead atoms. The van der Waals surface area contributed by atoms with Gasteiger partial charge in [0.05, 0.1) is 0 Å². The molecule has 5 heteroatoms. The molecule has 0 unspecified atom stereocenters. The Morgan fingerprint density at radius 2 is 1.86 bits per heavy atom. The van der Waals surface area contributed by atoms with Gasteiger partial charge in [0.1, 0.15) is 6.61 Å². The Morgan fingerprint density at radius 1 is 1.14 bits per heavy atom.